The Morgan fingerprint density at radius 3 is 2.08 bits per heavy atom. The molecular formula is C11H6O. The zero-order chi connectivity index (χ0) is 7.71. The van der Waals surface area contributed by atoms with E-state index < -0.39 is 0 Å². The van der Waals surface area contributed by atoms with E-state index in [1.165, 1.54) is 33.8 Å². The molecule has 1 aliphatic heterocycles. The summed E-state index contributed by atoms with van der Waals surface area (Å²) >= 11 is 0. The first-order chi connectivity index (χ1) is 5.95. The van der Waals surface area contributed by atoms with Crippen LogP contribution in [0.5, 0.6) is 0 Å². The van der Waals surface area contributed by atoms with Crippen molar-refractivity contribution in [2.45, 2.75) is 6.42 Å². The molecule has 2 bridgehead atoms. The van der Waals surface area contributed by atoms with E-state index in [9.17, 15) is 0 Å². The van der Waals surface area contributed by atoms with Gasteiger partial charge in [0.25, 0.3) is 0 Å². The predicted molar refractivity (Wildman–Crippen MR) is 46.0 cm³/mol. The minimum Gasteiger partial charge on any atom is -0.449 e. The molecule has 0 aromatic heterocycles. The monoisotopic (exact) mass is 154 g/mol. The predicted octanol–water partition coefficient (Wildman–Crippen LogP) is 2.56. The van der Waals surface area contributed by atoms with E-state index in [1.54, 1.807) is 0 Å². The summed E-state index contributed by atoms with van der Waals surface area (Å²) in [5.74, 6) is 2.34. The zero-order valence-corrected chi connectivity index (χ0v) is 6.42. The smallest absolute Gasteiger partial charge is 0.174 e. The minimum absolute atomic E-state index is 1.12. The van der Waals surface area contributed by atoms with E-state index in [0.29, 0.717) is 0 Å². The third-order valence-electron chi connectivity index (χ3n) is 2.85. The molecule has 0 radical (unpaired) electrons. The molecule has 0 spiro atoms. The second kappa shape index (κ2) is 1.36. The fourth-order valence-electron chi connectivity index (χ4n) is 2.26. The van der Waals surface area contributed by atoms with Gasteiger partial charge in [0.1, 0.15) is 0 Å². The van der Waals surface area contributed by atoms with Crippen molar-refractivity contribution >= 4 is 11.1 Å². The molecule has 1 saturated heterocycles. The highest BCUT2D eigenvalue weighted by Gasteiger charge is 2.45. The van der Waals surface area contributed by atoms with Gasteiger partial charge >= 0.3 is 0 Å². The van der Waals surface area contributed by atoms with E-state index in [1.807, 2.05) is 0 Å². The van der Waals surface area contributed by atoms with E-state index >= 15 is 0 Å². The van der Waals surface area contributed by atoms with Crippen LogP contribution in [-0.2, 0) is 4.74 Å². The SMILES string of the molecule is c1ccc2c(c1)C1=C3OC3=C2C1. The fourth-order valence-corrected chi connectivity index (χ4v) is 2.26. The number of ether oxygens (including phenoxy) is 1. The number of rotatable bonds is 0. The van der Waals surface area contributed by atoms with E-state index in [4.69, 9.17) is 4.74 Å². The highest BCUT2D eigenvalue weighted by Crippen LogP contribution is 2.59. The molecule has 0 unspecified atom stereocenters. The lowest BCUT2D eigenvalue weighted by Crippen LogP contribution is -1.81. The topological polar surface area (TPSA) is 12.5 Å². The number of hydrogen-bond donors (Lipinski definition) is 0. The molecule has 1 nitrogen and oxygen atoms in total. The van der Waals surface area contributed by atoms with Gasteiger partial charge in [-0.15, -0.1) is 0 Å². The van der Waals surface area contributed by atoms with Crippen LogP contribution in [0.4, 0.5) is 0 Å². The van der Waals surface area contributed by atoms with Gasteiger partial charge in [-0.1, -0.05) is 24.3 Å². The number of hydrogen-bond acceptors (Lipinski definition) is 1. The van der Waals surface area contributed by atoms with Crippen molar-refractivity contribution < 1.29 is 4.74 Å². The van der Waals surface area contributed by atoms with E-state index in [-0.39, 0.29) is 0 Å². The molecule has 12 heavy (non-hydrogen) atoms. The zero-order valence-electron chi connectivity index (χ0n) is 6.42. The molecule has 0 N–H and O–H groups in total. The van der Waals surface area contributed by atoms with Crippen molar-refractivity contribution in [3.05, 3.63) is 46.9 Å². The Labute approximate surface area is 70.0 Å². The van der Waals surface area contributed by atoms with Crippen molar-refractivity contribution in [2.24, 2.45) is 0 Å². The lowest BCUT2D eigenvalue weighted by Gasteiger charge is -1.98. The van der Waals surface area contributed by atoms with E-state index in [2.05, 4.69) is 24.3 Å². The standard InChI is InChI=1S/C11H6O/c1-2-4-7-6(3-1)8-5-9(7)11-10(8)12-11/h1-4H,5H2. The van der Waals surface area contributed by atoms with Gasteiger partial charge < -0.3 is 4.74 Å². The van der Waals surface area contributed by atoms with Crippen LogP contribution in [-0.4, -0.2) is 0 Å². The van der Waals surface area contributed by atoms with Gasteiger partial charge in [-0.25, -0.2) is 0 Å². The summed E-state index contributed by atoms with van der Waals surface area (Å²) in [5, 5.41) is 0. The molecule has 1 fully saturated rings. The Bertz CT molecular complexity index is 435. The molecular weight excluding hydrogens is 148 g/mol. The van der Waals surface area contributed by atoms with Crippen molar-refractivity contribution in [3.8, 4) is 0 Å². The van der Waals surface area contributed by atoms with Crippen LogP contribution in [0, 0.1) is 0 Å². The highest BCUT2D eigenvalue weighted by molar-refractivity contribution is 6.03. The quantitative estimate of drug-likeness (QED) is 0.523. The van der Waals surface area contributed by atoms with Crippen LogP contribution in [0.2, 0.25) is 0 Å². The maximum Gasteiger partial charge on any atom is 0.174 e. The van der Waals surface area contributed by atoms with Crippen LogP contribution in [0.15, 0.2) is 35.8 Å². The highest BCUT2D eigenvalue weighted by atomic mass is 16.6. The molecule has 0 saturated carbocycles. The summed E-state index contributed by atoms with van der Waals surface area (Å²) < 4.78 is 5.38. The molecule has 3 aliphatic rings. The first-order valence-electron chi connectivity index (χ1n) is 4.19. The molecule has 1 heterocycles. The Morgan fingerprint density at radius 2 is 1.50 bits per heavy atom. The summed E-state index contributed by atoms with van der Waals surface area (Å²) in [6.07, 6.45) is 1.12. The molecule has 4 rings (SSSR count). The summed E-state index contributed by atoms with van der Waals surface area (Å²) in [7, 11) is 0. The van der Waals surface area contributed by atoms with Gasteiger partial charge in [0.2, 0.25) is 0 Å². The van der Waals surface area contributed by atoms with E-state index in [0.717, 1.165) is 6.42 Å². The van der Waals surface area contributed by atoms with Crippen LogP contribution in [0.3, 0.4) is 0 Å². The molecule has 1 aromatic rings. The lowest BCUT2D eigenvalue weighted by molar-refractivity contribution is 0.553. The molecule has 2 aliphatic carbocycles. The second-order valence-electron chi connectivity index (χ2n) is 3.44. The second-order valence-corrected chi connectivity index (χ2v) is 3.44. The van der Waals surface area contributed by atoms with Gasteiger partial charge in [-0.05, 0) is 11.1 Å². The summed E-state index contributed by atoms with van der Waals surface area (Å²) in [5.41, 5.74) is 5.61. The molecule has 1 heteroatoms. The summed E-state index contributed by atoms with van der Waals surface area (Å²) in [6, 6.07) is 8.55. The molecule has 0 atom stereocenters. The first kappa shape index (κ1) is 5.20. The van der Waals surface area contributed by atoms with Crippen LogP contribution in [0.1, 0.15) is 17.5 Å². The fraction of sp³-hybridized carbons (Fsp3) is 0.0909. The van der Waals surface area contributed by atoms with Crippen molar-refractivity contribution in [3.63, 3.8) is 0 Å². The average molecular weight is 154 g/mol. The maximum atomic E-state index is 5.38. The Morgan fingerprint density at radius 1 is 0.917 bits per heavy atom. The Balaban J connectivity index is 2.22. The average Bonchev–Trinajstić information content (AvgIpc) is 2.74. The molecule has 0 amide bonds. The van der Waals surface area contributed by atoms with Crippen molar-refractivity contribution in [1.29, 1.82) is 0 Å². The number of benzene rings is 1. The number of allylic oxidation sites excluding steroid dienone is 2. The van der Waals surface area contributed by atoms with Gasteiger partial charge in [0.05, 0.1) is 0 Å². The lowest BCUT2D eigenvalue weighted by atomic mass is 10.0. The number of epoxide rings is 1. The van der Waals surface area contributed by atoms with Gasteiger partial charge in [-0.2, -0.15) is 0 Å². The van der Waals surface area contributed by atoms with Crippen LogP contribution in [0.25, 0.3) is 11.1 Å². The summed E-state index contributed by atoms with van der Waals surface area (Å²) in [4.78, 5) is 0. The van der Waals surface area contributed by atoms with Crippen LogP contribution >= 0.6 is 0 Å². The first-order valence-corrected chi connectivity index (χ1v) is 4.19. The Kier molecular flexibility index (Phi) is 0.587. The van der Waals surface area contributed by atoms with Gasteiger partial charge in [0, 0.05) is 17.6 Å². The van der Waals surface area contributed by atoms with Crippen molar-refractivity contribution in [1.82, 2.24) is 0 Å². The molecule has 1 aromatic carbocycles. The minimum atomic E-state index is 1.12. The van der Waals surface area contributed by atoms with Crippen molar-refractivity contribution in [2.75, 3.05) is 0 Å². The maximum absolute atomic E-state index is 5.38. The normalized spacial score (nSPS) is 21.0. The third-order valence-corrected chi connectivity index (χ3v) is 2.85. The van der Waals surface area contributed by atoms with Crippen LogP contribution < -0.4 is 0 Å². The largest absolute Gasteiger partial charge is 0.449 e. The number of fused-ring (bicyclic) bond motifs is 6. The Hall–Kier alpha value is -1.50. The van der Waals surface area contributed by atoms with Gasteiger partial charge in [0.15, 0.2) is 11.5 Å². The summed E-state index contributed by atoms with van der Waals surface area (Å²) in [6.45, 7) is 0. The van der Waals surface area contributed by atoms with Gasteiger partial charge in [-0.3, -0.25) is 0 Å². The molecule has 56 valence electrons. The third kappa shape index (κ3) is 0.379.